The van der Waals surface area contributed by atoms with Crippen LogP contribution < -0.4 is 10.1 Å². The quantitative estimate of drug-likeness (QED) is 0.338. The molecule has 1 aromatic carbocycles. The number of nitrogens with one attached hydrogen (secondary N) is 1. The Morgan fingerprint density at radius 2 is 1.94 bits per heavy atom. The monoisotopic (exact) mass is 474 g/mol. The van der Waals surface area contributed by atoms with Gasteiger partial charge in [0.1, 0.15) is 11.6 Å². The number of halogens is 1. The Kier molecular flexibility index (Phi) is 7.44. The van der Waals surface area contributed by atoms with Gasteiger partial charge in [-0.2, -0.15) is 0 Å². The van der Waals surface area contributed by atoms with E-state index in [2.05, 4.69) is 47.5 Å². The van der Waals surface area contributed by atoms with Crippen LogP contribution in [0.3, 0.4) is 0 Å². The minimum Gasteiger partial charge on any atom is -0.493 e. The third-order valence-electron chi connectivity index (χ3n) is 5.69. The van der Waals surface area contributed by atoms with E-state index in [0.717, 1.165) is 34.2 Å². The zero-order valence-corrected chi connectivity index (χ0v) is 20.6. The number of hydrogen-bond acceptors (Lipinski definition) is 4. The van der Waals surface area contributed by atoms with Gasteiger partial charge < -0.3 is 14.6 Å². The number of hydrogen-bond donors (Lipinski definition) is 1. The van der Waals surface area contributed by atoms with Crippen molar-refractivity contribution in [3.63, 3.8) is 0 Å². The highest BCUT2D eigenvalue weighted by Gasteiger charge is 2.25. The van der Waals surface area contributed by atoms with Crippen molar-refractivity contribution in [2.75, 3.05) is 6.61 Å². The van der Waals surface area contributed by atoms with E-state index in [1.807, 2.05) is 36.4 Å². The van der Waals surface area contributed by atoms with Crippen molar-refractivity contribution >= 4 is 16.8 Å². The summed E-state index contributed by atoms with van der Waals surface area (Å²) < 4.78 is 21.7. The van der Waals surface area contributed by atoms with E-state index >= 15 is 0 Å². The molecule has 0 radical (unpaired) electrons. The second-order valence-corrected chi connectivity index (χ2v) is 9.40. The minimum absolute atomic E-state index is 0.0720. The molecule has 0 aliphatic heterocycles. The molecular formula is C28H31FN4O2. The molecule has 3 aromatic heterocycles. The molecule has 0 atom stereocenters. The fourth-order valence-corrected chi connectivity index (χ4v) is 4.19. The highest BCUT2D eigenvalue weighted by Crippen LogP contribution is 2.34. The summed E-state index contributed by atoms with van der Waals surface area (Å²) in [6, 6.07) is 13.1. The number of ether oxygens (including phenoxy) is 1. The summed E-state index contributed by atoms with van der Waals surface area (Å²) in [5.41, 5.74) is 3.95. The van der Waals surface area contributed by atoms with Crippen LogP contribution in [-0.4, -0.2) is 27.0 Å². The van der Waals surface area contributed by atoms with Gasteiger partial charge in [0.25, 0.3) is 5.91 Å². The highest BCUT2D eigenvalue weighted by molar-refractivity contribution is 6.09. The molecule has 4 rings (SSSR count). The predicted molar refractivity (Wildman–Crippen MR) is 135 cm³/mol. The number of pyridine rings is 2. The number of fused-ring (bicyclic) bond motifs is 1. The van der Waals surface area contributed by atoms with E-state index in [0.29, 0.717) is 30.2 Å². The number of nitrogens with zero attached hydrogens (tertiary/aromatic N) is 3. The molecule has 1 amide bonds. The lowest BCUT2D eigenvalue weighted by molar-refractivity contribution is 0.0951. The Balaban J connectivity index is 1.78. The number of benzene rings is 1. The van der Waals surface area contributed by atoms with Crippen LogP contribution in [0.2, 0.25) is 0 Å². The summed E-state index contributed by atoms with van der Waals surface area (Å²) in [5.74, 6) is 0.594. The fraction of sp³-hybridized carbons (Fsp3) is 0.321. The fourth-order valence-electron chi connectivity index (χ4n) is 4.19. The van der Waals surface area contributed by atoms with Crippen LogP contribution in [0, 0.1) is 11.7 Å². The normalized spacial score (nSPS) is 11.4. The van der Waals surface area contributed by atoms with Gasteiger partial charge in [-0.15, -0.1) is 0 Å². The smallest absolute Gasteiger partial charge is 0.254 e. The molecule has 0 spiro atoms. The molecule has 0 aliphatic rings. The van der Waals surface area contributed by atoms with Gasteiger partial charge >= 0.3 is 0 Å². The predicted octanol–water partition coefficient (Wildman–Crippen LogP) is 5.71. The van der Waals surface area contributed by atoms with Gasteiger partial charge in [0.2, 0.25) is 0 Å². The lowest BCUT2D eigenvalue weighted by atomic mass is 10.0. The third-order valence-corrected chi connectivity index (χ3v) is 5.69. The van der Waals surface area contributed by atoms with Gasteiger partial charge in [0.15, 0.2) is 0 Å². The van der Waals surface area contributed by atoms with Crippen molar-refractivity contribution in [2.45, 2.75) is 46.7 Å². The Labute approximate surface area is 205 Å². The van der Waals surface area contributed by atoms with Crippen molar-refractivity contribution in [3.05, 3.63) is 89.4 Å². The lowest BCUT2D eigenvalue weighted by Crippen LogP contribution is -2.24. The van der Waals surface area contributed by atoms with Crippen LogP contribution in [0.1, 0.15) is 60.9 Å². The molecule has 0 unspecified atom stereocenters. The summed E-state index contributed by atoms with van der Waals surface area (Å²) >= 11 is 0. The summed E-state index contributed by atoms with van der Waals surface area (Å²) in [6.07, 6.45) is 4.47. The van der Waals surface area contributed by atoms with Crippen molar-refractivity contribution in [1.82, 2.24) is 19.9 Å². The summed E-state index contributed by atoms with van der Waals surface area (Å²) in [4.78, 5) is 21.9. The number of aromatic nitrogens is 3. The molecule has 0 aliphatic carbocycles. The van der Waals surface area contributed by atoms with Crippen LogP contribution in [-0.2, 0) is 13.1 Å². The van der Waals surface area contributed by atoms with Crippen LogP contribution >= 0.6 is 0 Å². The average Bonchev–Trinajstić information content (AvgIpc) is 3.15. The Hall–Kier alpha value is -3.74. The van der Waals surface area contributed by atoms with Gasteiger partial charge in [-0.3, -0.25) is 14.8 Å². The van der Waals surface area contributed by atoms with Gasteiger partial charge in [0.05, 0.1) is 36.1 Å². The largest absolute Gasteiger partial charge is 0.493 e. The van der Waals surface area contributed by atoms with E-state index in [-0.39, 0.29) is 18.4 Å². The number of carbonyl (C=O) groups is 1. The Bertz CT molecular complexity index is 1320. The molecule has 182 valence electrons. The maximum absolute atomic E-state index is 13.6. The molecule has 0 fully saturated rings. The first-order valence-electron chi connectivity index (χ1n) is 11.9. The maximum atomic E-state index is 13.6. The molecule has 3 heterocycles. The third kappa shape index (κ3) is 5.67. The summed E-state index contributed by atoms with van der Waals surface area (Å²) in [5, 5.41) is 3.80. The molecular weight excluding hydrogens is 443 g/mol. The van der Waals surface area contributed by atoms with Gasteiger partial charge in [-0.1, -0.05) is 33.8 Å². The highest BCUT2D eigenvalue weighted by atomic mass is 19.1. The van der Waals surface area contributed by atoms with Gasteiger partial charge in [-0.05, 0) is 47.7 Å². The minimum atomic E-state index is -0.430. The Morgan fingerprint density at radius 1 is 1.11 bits per heavy atom. The molecule has 35 heavy (non-hydrogen) atoms. The van der Waals surface area contributed by atoms with Crippen molar-refractivity contribution < 1.29 is 13.9 Å². The van der Waals surface area contributed by atoms with Crippen molar-refractivity contribution in [2.24, 2.45) is 5.92 Å². The molecule has 7 heteroatoms. The first-order valence-corrected chi connectivity index (χ1v) is 11.9. The Morgan fingerprint density at radius 3 is 2.63 bits per heavy atom. The molecule has 0 bridgehead atoms. The average molecular weight is 475 g/mol. The van der Waals surface area contributed by atoms with Gasteiger partial charge in [0, 0.05) is 36.1 Å². The lowest BCUT2D eigenvalue weighted by Gasteiger charge is -2.15. The van der Waals surface area contributed by atoms with Gasteiger partial charge in [-0.25, -0.2) is 4.39 Å². The second kappa shape index (κ2) is 10.7. The topological polar surface area (TPSA) is 69.0 Å². The first kappa shape index (κ1) is 24.4. The van der Waals surface area contributed by atoms with Crippen LogP contribution in [0.5, 0.6) is 5.75 Å². The van der Waals surface area contributed by atoms with Crippen molar-refractivity contribution in [1.29, 1.82) is 0 Å². The van der Waals surface area contributed by atoms with Crippen LogP contribution in [0.15, 0.2) is 61.1 Å². The van der Waals surface area contributed by atoms with E-state index in [4.69, 9.17) is 4.74 Å². The second-order valence-electron chi connectivity index (χ2n) is 9.40. The van der Waals surface area contributed by atoms with E-state index < -0.39 is 5.82 Å². The van der Waals surface area contributed by atoms with Crippen LogP contribution in [0.25, 0.3) is 10.9 Å². The zero-order chi connectivity index (χ0) is 24.9. The van der Waals surface area contributed by atoms with E-state index in [1.54, 1.807) is 12.4 Å². The zero-order valence-electron chi connectivity index (χ0n) is 20.6. The van der Waals surface area contributed by atoms with Crippen LogP contribution in [0.4, 0.5) is 4.39 Å². The number of amides is 1. The maximum Gasteiger partial charge on any atom is 0.254 e. The molecule has 4 aromatic rings. The number of rotatable bonds is 9. The summed E-state index contributed by atoms with van der Waals surface area (Å²) in [7, 11) is 0. The molecule has 6 nitrogen and oxygen atoms in total. The first-order chi connectivity index (χ1) is 16.8. The van der Waals surface area contributed by atoms with Crippen molar-refractivity contribution in [3.8, 4) is 5.75 Å². The van der Waals surface area contributed by atoms with E-state index in [1.165, 1.54) is 6.07 Å². The standard InChI is InChI=1S/C28H31FN4O2/c1-18(2)17-35-23-8-9-24-25(12-23)33(16-22-7-5-6-10-31-22)27(19(3)4)26(24)28(34)32-14-20-11-21(29)15-30-13-20/h5-13,15,18-19H,14,16-17H2,1-4H3,(H,32,34). The van der Waals surface area contributed by atoms with E-state index in [9.17, 15) is 9.18 Å². The SMILES string of the molecule is CC(C)COc1ccc2c(C(=O)NCc3cncc(F)c3)c(C(C)C)n(Cc3ccccn3)c2c1. The molecule has 0 saturated heterocycles. The molecule has 1 N–H and O–H groups in total. The molecule has 0 saturated carbocycles. The number of carbonyl (C=O) groups excluding carboxylic acids is 1. The summed E-state index contributed by atoms with van der Waals surface area (Å²) in [6.45, 7) is 9.69.